The Kier molecular flexibility index (Phi) is 4.81. The normalized spacial score (nSPS) is 12.0. The van der Waals surface area contributed by atoms with Crippen LogP contribution in [0.1, 0.15) is 19.4 Å². The van der Waals surface area contributed by atoms with Gasteiger partial charge >= 0.3 is 5.97 Å². The number of hydrogen-bond acceptors (Lipinski definition) is 4. The lowest BCUT2D eigenvalue weighted by Crippen LogP contribution is -2.26. The molecule has 0 radical (unpaired) electrons. The van der Waals surface area contributed by atoms with E-state index in [0.717, 1.165) is 10.0 Å². The molecule has 4 nitrogen and oxygen atoms in total. The number of rotatable bonds is 4. The number of hydrogen-bond donors (Lipinski definition) is 1. The van der Waals surface area contributed by atoms with E-state index in [0.29, 0.717) is 18.0 Å². The Morgan fingerprint density at radius 1 is 1.53 bits per heavy atom. The third-order valence-corrected chi connectivity index (χ3v) is 2.64. The number of carbonyl (C=O) groups is 1. The third-order valence-electron chi connectivity index (χ3n) is 2.18. The summed E-state index contributed by atoms with van der Waals surface area (Å²) in [5.41, 5.74) is 7.20. The van der Waals surface area contributed by atoms with E-state index in [1.165, 1.54) is 0 Å². The minimum absolute atomic E-state index is 0.335. The van der Waals surface area contributed by atoms with Gasteiger partial charge in [0.25, 0.3) is 0 Å². The van der Waals surface area contributed by atoms with Gasteiger partial charge in [-0.3, -0.25) is 0 Å². The maximum absolute atomic E-state index is 11.4. The first-order valence-corrected chi connectivity index (χ1v) is 6.14. The second kappa shape index (κ2) is 5.91. The predicted molar refractivity (Wildman–Crippen MR) is 70.0 cm³/mol. The third kappa shape index (κ3) is 3.63. The van der Waals surface area contributed by atoms with Crippen molar-refractivity contribution in [1.82, 2.24) is 0 Å². The van der Waals surface area contributed by atoms with Gasteiger partial charge in [0.1, 0.15) is 5.75 Å². The van der Waals surface area contributed by atoms with Crippen LogP contribution in [0.3, 0.4) is 0 Å². The molecule has 0 aliphatic heterocycles. The van der Waals surface area contributed by atoms with Gasteiger partial charge in [0, 0.05) is 4.47 Å². The van der Waals surface area contributed by atoms with Crippen LogP contribution >= 0.6 is 15.9 Å². The second-order valence-corrected chi connectivity index (χ2v) is 4.57. The van der Waals surface area contributed by atoms with Crippen LogP contribution in [0.15, 0.2) is 16.6 Å². The zero-order valence-corrected chi connectivity index (χ0v) is 11.7. The van der Waals surface area contributed by atoms with Crippen molar-refractivity contribution in [2.45, 2.75) is 26.9 Å². The monoisotopic (exact) mass is 301 g/mol. The number of carbonyl (C=O) groups excluding carboxylic acids is 1. The molecule has 5 heteroatoms. The molecule has 1 aromatic rings. The Balaban J connectivity index is 2.85. The van der Waals surface area contributed by atoms with Crippen molar-refractivity contribution in [3.05, 3.63) is 22.2 Å². The molecule has 0 saturated carbocycles. The second-order valence-electron chi connectivity index (χ2n) is 3.65. The van der Waals surface area contributed by atoms with Crippen molar-refractivity contribution >= 4 is 27.6 Å². The van der Waals surface area contributed by atoms with Crippen LogP contribution in [0.25, 0.3) is 0 Å². The van der Waals surface area contributed by atoms with Crippen LogP contribution in [0, 0.1) is 6.92 Å². The van der Waals surface area contributed by atoms with E-state index >= 15 is 0 Å². The first kappa shape index (κ1) is 13.8. The van der Waals surface area contributed by atoms with Gasteiger partial charge in [0.2, 0.25) is 0 Å². The molecule has 2 N–H and O–H groups in total. The van der Waals surface area contributed by atoms with Crippen LogP contribution in [0.2, 0.25) is 0 Å². The van der Waals surface area contributed by atoms with E-state index in [1.54, 1.807) is 19.9 Å². The summed E-state index contributed by atoms with van der Waals surface area (Å²) in [5, 5.41) is 0. The molecule has 0 heterocycles. The highest BCUT2D eigenvalue weighted by atomic mass is 79.9. The van der Waals surface area contributed by atoms with E-state index < -0.39 is 12.1 Å². The van der Waals surface area contributed by atoms with Gasteiger partial charge in [-0.15, -0.1) is 0 Å². The molecule has 0 aliphatic carbocycles. The zero-order valence-electron chi connectivity index (χ0n) is 10.1. The zero-order chi connectivity index (χ0) is 13.0. The summed E-state index contributed by atoms with van der Waals surface area (Å²) in [5.74, 6) is 0.128. The number of esters is 1. The van der Waals surface area contributed by atoms with Crippen LogP contribution in [-0.2, 0) is 9.53 Å². The van der Waals surface area contributed by atoms with Crippen molar-refractivity contribution in [3.8, 4) is 5.75 Å². The van der Waals surface area contributed by atoms with Crippen molar-refractivity contribution in [1.29, 1.82) is 0 Å². The van der Waals surface area contributed by atoms with Crippen LogP contribution in [-0.4, -0.2) is 18.7 Å². The maximum atomic E-state index is 11.4. The van der Waals surface area contributed by atoms with Gasteiger partial charge in [-0.2, -0.15) is 0 Å². The molecule has 17 heavy (non-hydrogen) atoms. The molecule has 0 aliphatic rings. The number of nitrogen functional groups attached to an aromatic ring is 1. The number of ether oxygens (including phenoxy) is 2. The molecule has 0 amide bonds. The Bertz CT molecular complexity index is 397. The van der Waals surface area contributed by atoms with Crippen LogP contribution < -0.4 is 10.5 Å². The lowest BCUT2D eigenvalue weighted by Gasteiger charge is -2.17. The number of benzene rings is 1. The Morgan fingerprint density at radius 2 is 2.18 bits per heavy atom. The molecular weight excluding hydrogens is 286 g/mol. The van der Waals surface area contributed by atoms with Crippen molar-refractivity contribution in [2.75, 3.05) is 12.3 Å². The first-order valence-electron chi connectivity index (χ1n) is 5.34. The van der Waals surface area contributed by atoms with E-state index in [2.05, 4.69) is 15.9 Å². The van der Waals surface area contributed by atoms with Gasteiger partial charge in [-0.1, -0.05) is 15.9 Å². The Morgan fingerprint density at radius 3 is 2.71 bits per heavy atom. The molecule has 0 bridgehead atoms. The largest absolute Gasteiger partial charge is 0.477 e. The fraction of sp³-hybridized carbons (Fsp3) is 0.417. The number of anilines is 1. The molecule has 94 valence electrons. The van der Waals surface area contributed by atoms with Crippen LogP contribution in [0.5, 0.6) is 5.75 Å². The SMILES string of the molecule is CCOC(=O)C(C)Oc1c(C)cc(Br)cc1N. The summed E-state index contributed by atoms with van der Waals surface area (Å²) >= 11 is 3.34. The molecule has 1 unspecified atom stereocenters. The maximum Gasteiger partial charge on any atom is 0.347 e. The van der Waals surface area contributed by atoms with E-state index in [1.807, 2.05) is 13.0 Å². The molecule has 0 saturated heterocycles. The topological polar surface area (TPSA) is 61.5 Å². The minimum atomic E-state index is -0.669. The lowest BCUT2D eigenvalue weighted by atomic mass is 10.2. The van der Waals surface area contributed by atoms with Gasteiger partial charge in [-0.05, 0) is 38.5 Å². The molecule has 0 spiro atoms. The summed E-state index contributed by atoms with van der Waals surface area (Å²) in [6.07, 6.45) is -0.669. The minimum Gasteiger partial charge on any atom is -0.477 e. The number of halogens is 1. The molecule has 1 aromatic carbocycles. The average molecular weight is 302 g/mol. The average Bonchev–Trinajstić information content (AvgIpc) is 2.23. The Hall–Kier alpha value is -1.23. The molecule has 1 rings (SSSR count). The fourth-order valence-corrected chi connectivity index (χ4v) is 1.99. The summed E-state index contributed by atoms with van der Waals surface area (Å²) in [6.45, 7) is 5.60. The highest BCUT2D eigenvalue weighted by molar-refractivity contribution is 9.10. The van der Waals surface area contributed by atoms with E-state index in [9.17, 15) is 4.79 Å². The molecule has 1 atom stereocenters. The molecular formula is C12H16BrNO3. The van der Waals surface area contributed by atoms with Crippen molar-refractivity contribution in [2.24, 2.45) is 0 Å². The van der Waals surface area contributed by atoms with E-state index in [-0.39, 0.29) is 0 Å². The number of nitrogens with two attached hydrogens (primary N) is 1. The van der Waals surface area contributed by atoms with E-state index in [4.69, 9.17) is 15.2 Å². The lowest BCUT2D eigenvalue weighted by molar-refractivity contribution is -0.150. The highest BCUT2D eigenvalue weighted by Crippen LogP contribution is 2.30. The van der Waals surface area contributed by atoms with Crippen LogP contribution in [0.4, 0.5) is 5.69 Å². The summed E-state index contributed by atoms with van der Waals surface area (Å²) in [6, 6.07) is 3.61. The van der Waals surface area contributed by atoms with Gasteiger partial charge < -0.3 is 15.2 Å². The Labute approximate surface area is 109 Å². The van der Waals surface area contributed by atoms with Crippen molar-refractivity contribution in [3.63, 3.8) is 0 Å². The standard InChI is InChI=1S/C12H16BrNO3/c1-4-16-12(15)8(3)17-11-7(2)5-9(13)6-10(11)14/h5-6,8H,4,14H2,1-3H3. The quantitative estimate of drug-likeness (QED) is 0.686. The number of aryl methyl sites for hydroxylation is 1. The van der Waals surface area contributed by atoms with Gasteiger partial charge in [0.15, 0.2) is 6.10 Å². The predicted octanol–water partition coefficient (Wildman–Crippen LogP) is 2.67. The van der Waals surface area contributed by atoms with Gasteiger partial charge in [0.05, 0.1) is 12.3 Å². The van der Waals surface area contributed by atoms with Crippen molar-refractivity contribution < 1.29 is 14.3 Å². The first-order chi connectivity index (χ1) is 7.95. The molecule has 0 fully saturated rings. The molecule has 0 aromatic heterocycles. The summed E-state index contributed by atoms with van der Waals surface area (Å²) in [4.78, 5) is 11.4. The van der Waals surface area contributed by atoms with Gasteiger partial charge in [-0.25, -0.2) is 4.79 Å². The highest BCUT2D eigenvalue weighted by Gasteiger charge is 2.18. The summed E-state index contributed by atoms with van der Waals surface area (Å²) in [7, 11) is 0. The summed E-state index contributed by atoms with van der Waals surface area (Å²) < 4.78 is 11.3. The smallest absolute Gasteiger partial charge is 0.347 e. The fourth-order valence-electron chi connectivity index (χ4n) is 1.40.